The van der Waals surface area contributed by atoms with Crippen LogP contribution in [-0.4, -0.2) is 34.9 Å². The summed E-state index contributed by atoms with van der Waals surface area (Å²) in [6.45, 7) is 6.07. The summed E-state index contributed by atoms with van der Waals surface area (Å²) in [5.74, 6) is 2.33. The number of allylic oxidation sites excluding steroid dienone is 2. The van der Waals surface area contributed by atoms with Crippen LogP contribution in [0.4, 0.5) is 0 Å². The zero-order chi connectivity index (χ0) is 16.4. The number of hydrogen-bond acceptors (Lipinski definition) is 3. The molecular weight excluding hydrogens is 286 g/mol. The first-order chi connectivity index (χ1) is 10.9. The van der Waals surface area contributed by atoms with Crippen molar-refractivity contribution in [3.05, 3.63) is 11.3 Å². The van der Waals surface area contributed by atoms with E-state index in [1.807, 2.05) is 0 Å². The van der Waals surface area contributed by atoms with Crippen LogP contribution in [0.5, 0.6) is 0 Å². The predicted octanol–water partition coefficient (Wildman–Crippen LogP) is 4.09. The van der Waals surface area contributed by atoms with Crippen LogP contribution in [0.3, 0.4) is 0 Å². The van der Waals surface area contributed by atoms with E-state index >= 15 is 0 Å². The van der Waals surface area contributed by atoms with E-state index in [1.54, 1.807) is 0 Å². The van der Waals surface area contributed by atoms with Crippen molar-refractivity contribution < 1.29 is 9.90 Å². The molecule has 0 aromatic heterocycles. The third kappa shape index (κ3) is 2.01. The number of Topliss-reactive ketones (excluding diaryl/α,β-unsaturated/α-hetero) is 1. The maximum Gasteiger partial charge on any atom is 0.197 e. The molecule has 0 spiro atoms. The summed E-state index contributed by atoms with van der Waals surface area (Å²) in [5, 5.41) is 10.4. The van der Waals surface area contributed by atoms with Gasteiger partial charge in [-0.2, -0.15) is 0 Å². The molecule has 3 nitrogen and oxygen atoms in total. The Labute approximate surface area is 140 Å². The first kappa shape index (κ1) is 15.7. The molecule has 0 amide bonds. The quantitative estimate of drug-likeness (QED) is 0.731. The van der Waals surface area contributed by atoms with E-state index in [4.69, 9.17) is 0 Å². The number of likely N-dealkylation sites (tertiary alicyclic amines) is 1. The van der Waals surface area contributed by atoms with E-state index in [0.717, 1.165) is 30.3 Å². The molecule has 0 aromatic rings. The van der Waals surface area contributed by atoms with Gasteiger partial charge in [-0.3, -0.25) is 4.79 Å². The molecule has 1 N–H and O–H groups in total. The van der Waals surface area contributed by atoms with Crippen LogP contribution < -0.4 is 0 Å². The first-order valence-corrected chi connectivity index (χ1v) is 9.55. The molecule has 23 heavy (non-hydrogen) atoms. The normalized spacial score (nSPS) is 47.8. The largest absolute Gasteiger partial charge is 0.504 e. The summed E-state index contributed by atoms with van der Waals surface area (Å²) >= 11 is 0. The van der Waals surface area contributed by atoms with Crippen LogP contribution in [0.25, 0.3) is 0 Å². The Hall–Kier alpha value is -0.830. The summed E-state index contributed by atoms with van der Waals surface area (Å²) in [5.41, 5.74) is 1.53. The van der Waals surface area contributed by atoms with E-state index in [9.17, 15) is 9.90 Å². The third-order valence-electron chi connectivity index (χ3n) is 8.33. The van der Waals surface area contributed by atoms with Gasteiger partial charge in [-0.1, -0.05) is 6.92 Å². The molecule has 3 fully saturated rings. The second-order valence-corrected chi connectivity index (χ2v) is 9.04. The minimum absolute atomic E-state index is 0.0195. The molecule has 1 aliphatic heterocycles. The number of ketones is 1. The minimum atomic E-state index is -0.0195. The second-order valence-electron chi connectivity index (χ2n) is 9.04. The number of fused-ring (bicyclic) bond motifs is 5. The second kappa shape index (κ2) is 5.08. The van der Waals surface area contributed by atoms with Gasteiger partial charge in [-0.15, -0.1) is 0 Å². The van der Waals surface area contributed by atoms with Gasteiger partial charge >= 0.3 is 0 Å². The highest BCUT2D eigenvalue weighted by Gasteiger charge is 2.57. The molecule has 0 radical (unpaired) electrons. The summed E-state index contributed by atoms with van der Waals surface area (Å²) in [6.07, 6.45) is 8.80. The van der Waals surface area contributed by atoms with Crippen molar-refractivity contribution in [2.75, 3.05) is 13.6 Å². The Morgan fingerprint density at radius 2 is 1.87 bits per heavy atom. The van der Waals surface area contributed by atoms with Gasteiger partial charge < -0.3 is 10.0 Å². The highest BCUT2D eigenvalue weighted by atomic mass is 16.3. The van der Waals surface area contributed by atoms with Gasteiger partial charge in [-0.05, 0) is 94.2 Å². The lowest BCUT2D eigenvalue weighted by Gasteiger charge is -2.62. The number of piperidine rings is 1. The van der Waals surface area contributed by atoms with Crippen LogP contribution in [-0.2, 0) is 4.79 Å². The number of rotatable bonds is 0. The van der Waals surface area contributed by atoms with Crippen molar-refractivity contribution in [2.45, 2.75) is 70.8 Å². The van der Waals surface area contributed by atoms with Gasteiger partial charge in [0.25, 0.3) is 0 Å². The minimum Gasteiger partial charge on any atom is -0.504 e. The van der Waals surface area contributed by atoms with Gasteiger partial charge in [0.1, 0.15) is 0 Å². The zero-order valence-corrected chi connectivity index (χ0v) is 14.9. The number of carbonyl (C=O) groups excluding carboxylic acids is 1. The SMILES string of the molecule is CN1CCCC2[C@@H]3CCC4=C(O)C(=O)CC[C@]4(C)C3CC[C@@]21C. The predicted molar refractivity (Wildman–Crippen MR) is 91.2 cm³/mol. The van der Waals surface area contributed by atoms with Crippen molar-refractivity contribution in [1.82, 2.24) is 4.90 Å². The number of hydrogen-bond donors (Lipinski definition) is 1. The monoisotopic (exact) mass is 317 g/mol. The molecule has 2 unspecified atom stereocenters. The summed E-state index contributed by atoms with van der Waals surface area (Å²) in [4.78, 5) is 14.6. The highest BCUT2D eigenvalue weighted by Crippen LogP contribution is 2.62. The van der Waals surface area contributed by atoms with E-state index in [0.29, 0.717) is 17.9 Å². The van der Waals surface area contributed by atoms with Crippen LogP contribution in [0.15, 0.2) is 11.3 Å². The molecule has 3 heteroatoms. The molecule has 3 aliphatic carbocycles. The molecule has 128 valence electrons. The Morgan fingerprint density at radius 1 is 1.09 bits per heavy atom. The van der Waals surface area contributed by atoms with Gasteiger partial charge in [-0.25, -0.2) is 0 Å². The Balaban J connectivity index is 1.71. The lowest BCUT2D eigenvalue weighted by atomic mass is 9.47. The molecule has 0 aromatic carbocycles. The summed E-state index contributed by atoms with van der Waals surface area (Å²) in [6, 6.07) is 0. The van der Waals surface area contributed by atoms with E-state index in [-0.39, 0.29) is 17.0 Å². The number of nitrogens with zero attached hydrogens (tertiary/aromatic N) is 1. The number of carbonyl (C=O) groups is 1. The Morgan fingerprint density at radius 3 is 2.65 bits per heavy atom. The van der Waals surface area contributed by atoms with E-state index in [1.165, 1.54) is 38.6 Å². The zero-order valence-electron chi connectivity index (χ0n) is 14.9. The van der Waals surface area contributed by atoms with Crippen LogP contribution in [0, 0.1) is 23.2 Å². The smallest absolute Gasteiger partial charge is 0.197 e. The van der Waals surface area contributed by atoms with Crippen molar-refractivity contribution in [1.29, 1.82) is 0 Å². The van der Waals surface area contributed by atoms with Gasteiger partial charge in [0.15, 0.2) is 11.5 Å². The molecule has 4 aliphatic rings. The van der Waals surface area contributed by atoms with Crippen LogP contribution in [0.1, 0.15) is 65.2 Å². The van der Waals surface area contributed by atoms with Crippen LogP contribution >= 0.6 is 0 Å². The Bertz CT molecular complexity index is 568. The maximum absolute atomic E-state index is 12.0. The highest BCUT2D eigenvalue weighted by molar-refractivity contribution is 5.95. The standard InChI is InChI=1S/C20H31NO2/c1-19-10-9-17(22)18(23)16(19)7-6-13-14(19)8-11-20(2)15(13)5-4-12-21(20)3/h13-15,23H,4-12H2,1-3H3/t13-,14?,15?,19-,20+/m1/s1. The number of aliphatic hydroxyl groups is 1. The molecule has 5 atom stereocenters. The summed E-state index contributed by atoms with van der Waals surface area (Å²) in [7, 11) is 2.31. The van der Waals surface area contributed by atoms with Crippen molar-refractivity contribution in [3.8, 4) is 0 Å². The maximum atomic E-state index is 12.0. The van der Waals surface area contributed by atoms with Gasteiger partial charge in [0, 0.05) is 12.0 Å². The number of aliphatic hydroxyl groups excluding tert-OH is 1. The lowest BCUT2D eigenvalue weighted by Crippen LogP contribution is -2.61. The first-order valence-electron chi connectivity index (χ1n) is 9.55. The fraction of sp³-hybridized carbons (Fsp3) is 0.850. The average molecular weight is 317 g/mol. The fourth-order valence-electron chi connectivity index (χ4n) is 6.79. The average Bonchev–Trinajstić information content (AvgIpc) is 2.52. The van der Waals surface area contributed by atoms with Gasteiger partial charge in [0.05, 0.1) is 0 Å². The van der Waals surface area contributed by atoms with E-state index in [2.05, 4.69) is 25.8 Å². The van der Waals surface area contributed by atoms with Crippen molar-refractivity contribution >= 4 is 5.78 Å². The summed E-state index contributed by atoms with van der Waals surface area (Å²) < 4.78 is 0. The molecule has 1 heterocycles. The molecule has 4 rings (SSSR count). The molecule has 0 bridgehead atoms. The molecule has 1 saturated heterocycles. The molecule has 2 saturated carbocycles. The van der Waals surface area contributed by atoms with Crippen molar-refractivity contribution in [2.24, 2.45) is 23.2 Å². The van der Waals surface area contributed by atoms with Gasteiger partial charge in [0.2, 0.25) is 0 Å². The Kier molecular flexibility index (Phi) is 3.46. The third-order valence-corrected chi connectivity index (χ3v) is 8.33. The molecular formula is C20H31NO2. The van der Waals surface area contributed by atoms with Crippen molar-refractivity contribution in [3.63, 3.8) is 0 Å². The lowest BCUT2D eigenvalue weighted by molar-refractivity contribution is -0.123. The topological polar surface area (TPSA) is 40.5 Å². The van der Waals surface area contributed by atoms with E-state index < -0.39 is 0 Å². The van der Waals surface area contributed by atoms with Crippen LogP contribution in [0.2, 0.25) is 0 Å². The fourth-order valence-corrected chi connectivity index (χ4v) is 6.79.